The fraction of sp³-hybridized carbons (Fsp3) is 0.632. The molecule has 2 aliphatic rings. The summed E-state index contributed by atoms with van der Waals surface area (Å²) in [6.45, 7) is 4.73. The van der Waals surface area contributed by atoms with Gasteiger partial charge in [-0.3, -0.25) is 4.79 Å². The Hall–Kier alpha value is -1.67. The molecule has 0 spiro atoms. The van der Waals surface area contributed by atoms with Crippen molar-refractivity contribution in [1.82, 2.24) is 21.1 Å². The van der Waals surface area contributed by atoms with Gasteiger partial charge in [-0.2, -0.15) is 0 Å². The molecular formula is C19H30N4O3. The van der Waals surface area contributed by atoms with Crippen LogP contribution in [-0.2, 0) is 9.53 Å². The Labute approximate surface area is 155 Å². The summed E-state index contributed by atoms with van der Waals surface area (Å²) in [6.07, 6.45) is 2.81. The number of aromatic hydroxyl groups is 1. The highest BCUT2D eigenvalue weighted by Gasteiger charge is 2.32. The summed E-state index contributed by atoms with van der Waals surface area (Å²) in [5, 5.41) is 13.0. The fourth-order valence-electron chi connectivity index (χ4n) is 3.80. The summed E-state index contributed by atoms with van der Waals surface area (Å²) in [4.78, 5) is 14.9. The Morgan fingerprint density at radius 2 is 2.23 bits per heavy atom. The molecule has 0 aliphatic carbocycles. The van der Waals surface area contributed by atoms with E-state index in [9.17, 15) is 9.90 Å². The number of nitrogens with zero attached hydrogens (tertiary/aromatic N) is 1. The molecule has 7 heteroatoms. The predicted octanol–water partition coefficient (Wildman–Crippen LogP) is 0.774. The lowest BCUT2D eigenvalue weighted by atomic mass is 10.0. The Balaban J connectivity index is 1.39. The van der Waals surface area contributed by atoms with Gasteiger partial charge in [-0.05, 0) is 37.8 Å². The van der Waals surface area contributed by atoms with Gasteiger partial charge in [-0.25, -0.2) is 10.9 Å². The van der Waals surface area contributed by atoms with E-state index in [1.165, 1.54) is 0 Å². The van der Waals surface area contributed by atoms with E-state index in [0.29, 0.717) is 12.3 Å². The second-order valence-corrected chi connectivity index (χ2v) is 7.24. The molecule has 1 aromatic rings. The number of carbonyl (C=O) groups is 1. The molecule has 7 nitrogen and oxygen atoms in total. The summed E-state index contributed by atoms with van der Waals surface area (Å²) in [5.74, 6) is 0.797. The molecule has 144 valence electrons. The molecule has 3 atom stereocenters. The van der Waals surface area contributed by atoms with Gasteiger partial charge in [-0.15, -0.1) is 0 Å². The van der Waals surface area contributed by atoms with Crippen molar-refractivity contribution in [2.75, 3.05) is 39.9 Å². The highest BCUT2D eigenvalue weighted by Crippen LogP contribution is 2.29. The number of benzene rings is 1. The highest BCUT2D eigenvalue weighted by molar-refractivity contribution is 5.82. The predicted molar refractivity (Wildman–Crippen MR) is 99.6 cm³/mol. The normalized spacial score (nSPS) is 26.3. The lowest BCUT2D eigenvalue weighted by Crippen LogP contribution is -2.44. The number of para-hydroxylation sites is 1. The summed E-state index contributed by atoms with van der Waals surface area (Å²) in [6, 6.07) is 6.90. The number of methoxy groups -OCH3 is 1. The number of hydrazine groups is 1. The number of ether oxygens (including phenoxy) is 1. The Kier molecular flexibility index (Phi) is 6.85. The van der Waals surface area contributed by atoms with Crippen molar-refractivity contribution in [2.24, 2.45) is 5.92 Å². The number of likely N-dealkylation sites (tertiary alicyclic amines) is 1. The number of nitrogens with one attached hydrogen (secondary N) is 3. The summed E-state index contributed by atoms with van der Waals surface area (Å²) in [7, 11) is 1.73. The van der Waals surface area contributed by atoms with Crippen molar-refractivity contribution in [3.63, 3.8) is 0 Å². The minimum absolute atomic E-state index is 0.0215. The van der Waals surface area contributed by atoms with Crippen LogP contribution >= 0.6 is 0 Å². The quantitative estimate of drug-likeness (QED) is 0.511. The van der Waals surface area contributed by atoms with E-state index in [0.717, 1.165) is 51.2 Å². The number of amides is 1. The first-order valence-electron chi connectivity index (χ1n) is 9.45. The molecule has 2 heterocycles. The van der Waals surface area contributed by atoms with Gasteiger partial charge in [-0.1, -0.05) is 18.2 Å². The zero-order chi connectivity index (χ0) is 18.4. The van der Waals surface area contributed by atoms with Crippen molar-refractivity contribution >= 4 is 5.91 Å². The smallest absolute Gasteiger partial charge is 0.238 e. The summed E-state index contributed by atoms with van der Waals surface area (Å²) < 4.78 is 5.10. The summed E-state index contributed by atoms with van der Waals surface area (Å²) >= 11 is 0. The molecule has 0 bridgehead atoms. The first kappa shape index (κ1) is 19.1. The number of phenols is 1. The van der Waals surface area contributed by atoms with Crippen molar-refractivity contribution in [2.45, 2.75) is 31.3 Å². The van der Waals surface area contributed by atoms with Gasteiger partial charge in [0.1, 0.15) is 11.8 Å². The van der Waals surface area contributed by atoms with Crippen LogP contribution in [0.15, 0.2) is 24.3 Å². The third-order valence-electron chi connectivity index (χ3n) is 5.29. The van der Waals surface area contributed by atoms with E-state index in [-0.39, 0.29) is 23.7 Å². The molecule has 2 saturated heterocycles. The standard InChI is InChI=1S/C19H30N4O3/c1-26-10-4-8-23-9-7-14(13-23)12-20-19(25)17-11-16(21-22-17)15-5-2-3-6-18(15)24/h2-3,5-6,14,16-17,21-22,24H,4,7-13H2,1H3,(H,20,25). The van der Waals surface area contributed by atoms with Gasteiger partial charge < -0.3 is 20.1 Å². The highest BCUT2D eigenvalue weighted by atomic mass is 16.5. The van der Waals surface area contributed by atoms with Crippen LogP contribution in [0.1, 0.15) is 30.9 Å². The van der Waals surface area contributed by atoms with E-state index >= 15 is 0 Å². The molecule has 3 rings (SSSR count). The molecule has 3 unspecified atom stereocenters. The van der Waals surface area contributed by atoms with Crippen LogP contribution in [0.5, 0.6) is 5.75 Å². The van der Waals surface area contributed by atoms with Crippen LogP contribution in [-0.4, -0.2) is 61.9 Å². The van der Waals surface area contributed by atoms with Gasteiger partial charge >= 0.3 is 0 Å². The molecular weight excluding hydrogens is 332 g/mol. The van der Waals surface area contributed by atoms with Gasteiger partial charge in [0, 0.05) is 38.9 Å². The van der Waals surface area contributed by atoms with E-state index in [1.807, 2.05) is 12.1 Å². The third kappa shape index (κ3) is 4.94. The largest absolute Gasteiger partial charge is 0.508 e. The monoisotopic (exact) mass is 362 g/mol. The average Bonchev–Trinajstić information content (AvgIpc) is 3.30. The molecule has 0 aromatic heterocycles. The van der Waals surface area contributed by atoms with Gasteiger partial charge in [0.2, 0.25) is 5.91 Å². The Morgan fingerprint density at radius 3 is 3.04 bits per heavy atom. The number of phenolic OH excluding ortho intramolecular Hbond substituents is 1. The second-order valence-electron chi connectivity index (χ2n) is 7.24. The molecule has 2 aliphatic heterocycles. The molecule has 1 aromatic carbocycles. The van der Waals surface area contributed by atoms with Gasteiger partial charge in [0.05, 0.1) is 6.04 Å². The van der Waals surface area contributed by atoms with E-state index < -0.39 is 0 Å². The maximum absolute atomic E-state index is 12.5. The first-order valence-corrected chi connectivity index (χ1v) is 9.45. The van der Waals surface area contributed by atoms with E-state index in [1.54, 1.807) is 19.2 Å². The molecule has 2 fully saturated rings. The van der Waals surface area contributed by atoms with Crippen LogP contribution in [0.4, 0.5) is 0 Å². The van der Waals surface area contributed by atoms with Crippen molar-refractivity contribution < 1.29 is 14.6 Å². The average molecular weight is 362 g/mol. The molecule has 0 saturated carbocycles. The van der Waals surface area contributed by atoms with E-state index in [2.05, 4.69) is 21.1 Å². The minimum Gasteiger partial charge on any atom is -0.508 e. The lowest BCUT2D eigenvalue weighted by molar-refractivity contribution is -0.123. The second kappa shape index (κ2) is 9.32. The van der Waals surface area contributed by atoms with Crippen molar-refractivity contribution in [3.8, 4) is 5.75 Å². The number of rotatable bonds is 8. The maximum atomic E-state index is 12.5. The Bertz CT molecular complexity index is 598. The van der Waals surface area contributed by atoms with Crippen LogP contribution in [0.3, 0.4) is 0 Å². The molecule has 26 heavy (non-hydrogen) atoms. The van der Waals surface area contributed by atoms with Crippen LogP contribution in [0.25, 0.3) is 0 Å². The van der Waals surface area contributed by atoms with Crippen LogP contribution in [0.2, 0.25) is 0 Å². The van der Waals surface area contributed by atoms with Gasteiger partial charge in [0.25, 0.3) is 0 Å². The van der Waals surface area contributed by atoms with E-state index in [4.69, 9.17) is 4.74 Å². The number of hydrogen-bond donors (Lipinski definition) is 4. The zero-order valence-electron chi connectivity index (χ0n) is 15.4. The molecule has 4 N–H and O–H groups in total. The topological polar surface area (TPSA) is 85.9 Å². The first-order chi connectivity index (χ1) is 12.7. The SMILES string of the molecule is COCCCN1CCC(CNC(=O)C2CC(c3ccccc3O)NN2)C1. The Morgan fingerprint density at radius 1 is 1.38 bits per heavy atom. The van der Waals surface area contributed by atoms with Crippen LogP contribution in [0, 0.1) is 5.92 Å². The van der Waals surface area contributed by atoms with Crippen LogP contribution < -0.4 is 16.2 Å². The molecule has 0 radical (unpaired) electrons. The van der Waals surface area contributed by atoms with Crippen molar-refractivity contribution in [3.05, 3.63) is 29.8 Å². The lowest BCUT2D eigenvalue weighted by Gasteiger charge is -2.17. The van der Waals surface area contributed by atoms with Gasteiger partial charge in [0.15, 0.2) is 0 Å². The maximum Gasteiger partial charge on any atom is 0.238 e. The third-order valence-corrected chi connectivity index (χ3v) is 5.29. The number of hydrogen-bond acceptors (Lipinski definition) is 6. The zero-order valence-corrected chi connectivity index (χ0v) is 15.4. The number of carbonyl (C=O) groups excluding carboxylic acids is 1. The van der Waals surface area contributed by atoms with Crippen molar-refractivity contribution in [1.29, 1.82) is 0 Å². The minimum atomic E-state index is -0.279. The molecule has 1 amide bonds. The summed E-state index contributed by atoms with van der Waals surface area (Å²) in [5.41, 5.74) is 6.99. The fourth-order valence-corrected chi connectivity index (χ4v) is 3.80.